The molecule has 0 atom stereocenters. The Morgan fingerprint density at radius 1 is 1.24 bits per heavy atom. The van der Waals surface area contributed by atoms with E-state index in [1.807, 2.05) is 12.1 Å². The molecule has 3 heteroatoms. The van der Waals surface area contributed by atoms with E-state index in [9.17, 15) is 4.79 Å². The molecular formula is C14H14Cl2O. The molecule has 17 heavy (non-hydrogen) atoms. The molecule has 0 aromatic heterocycles. The summed E-state index contributed by atoms with van der Waals surface area (Å²) in [6.07, 6.45) is 6.63. The second kappa shape index (κ2) is 5.70. The maximum atomic E-state index is 12.1. The molecule has 0 spiro atoms. The SMILES string of the molecule is O=C(Cc1cccc(Cl)c1Cl)C1=CCCCC1. The zero-order valence-corrected chi connectivity index (χ0v) is 11.0. The van der Waals surface area contributed by atoms with Gasteiger partial charge in [0, 0.05) is 6.42 Å². The van der Waals surface area contributed by atoms with E-state index in [2.05, 4.69) is 6.08 Å². The van der Waals surface area contributed by atoms with Crippen LogP contribution in [0.2, 0.25) is 10.0 Å². The van der Waals surface area contributed by atoms with Crippen LogP contribution in [0.15, 0.2) is 29.8 Å². The van der Waals surface area contributed by atoms with Gasteiger partial charge in [-0.15, -0.1) is 0 Å². The van der Waals surface area contributed by atoms with Crippen molar-refractivity contribution in [2.24, 2.45) is 0 Å². The van der Waals surface area contributed by atoms with Crippen LogP contribution < -0.4 is 0 Å². The minimum Gasteiger partial charge on any atom is -0.294 e. The Bertz CT molecular complexity index is 463. The number of allylic oxidation sites excluding steroid dienone is 2. The average molecular weight is 269 g/mol. The van der Waals surface area contributed by atoms with Crippen molar-refractivity contribution >= 4 is 29.0 Å². The summed E-state index contributed by atoms with van der Waals surface area (Å²) in [5.41, 5.74) is 1.77. The molecule has 0 amide bonds. The Morgan fingerprint density at radius 2 is 2.06 bits per heavy atom. The highest BCUT2D eigenvalue weighted by Crippen LogP contribution is 2.27. The van der Waals surface area contributed by atoms with Crippen molar-refractivity contribution in [2.75, 3.05) is 0 Å². The number of carbonyl (C=O) groups is 1. The van der Waals surface area contributed by atoms with Crippen molar-refractivity contribution in [3.63, 3.8) is 0 Å². The summed E-state index contributed by atoms with van der Waals surface area (Å²) in [5.74, 6) is 0.175. The van der Waals surface area contributed by atoms with Crippen molar-refractivity contribution in [1.82, 2.24) is 0 Å². The molecule has 1 aromatic carbocycles. The lowest BCUT2D eigenvalue weighted by Gasteiger charge is -2.12. The highest BCUT2D eigenvalue weighted by Gasteiger charge is 2.15. The predicted octanol–water partition coefficient (Wildman–Crippen LogP) is 4.61. The smallest absolute Gasteiger partial charge is 0.162 e. The van der Waals surface area contributed by atoms with Crippen LogP contribution in [0.25, 0.3) is 0 Å². The second-order valence-electron chi connectivity index (χ2n) is 4.29. The highest BCUT2D eigenvalue weighted by atomic mass is 35.5. The largest absolute Gasteiger partial charge is 0.294 e. The summed E-state index contributed by atoms with van der Waals surface area (Å²) in [5, 5.41) is 1.01. The summed E-state index contributed by atoms with van der Waals surface area (Å²) in [6.45, 7) is 0. The number of Topliss-reactive ketones (excluding diaryl/α,β-unsaturated/α-hetero) is 1. The van der Waals surface area contributed by atoms with Crippen molar-refractivity contribution < 1.29 is 4.79 Å². The number of ketones is 1. The third-order valence-corrected chi connectivity index (χ3v) is 3.89. The van der Waals surface area contributed by atoms with Gasteiger partial charge in [-0.2, -0.15) is 0 Å². The van der Waals surface area contributed by atoms with E-state index in [0.29, 0.717) is 16.5 Å². The summed E-state index contributed by atoms with van der Waals surface area (Å²) in [4.78, 5) is 12.1. The Hall–Kier alpha value is -0.790. The van der Waals surface area contributed by atoms with E-state index in [-0.39, 0.29) is 5.78 Å². The molecule has 0 N–H and O–H groups in total. The van der Waals surface area contributed by atoms with Crippen LogP contribution in [0.1, 0.15) is 31.2 Å². The minimum atomic E-state index is 0.175. The molecule has 1 nitrogen and oxygen atoms in total. The van der Waals surface area contributed by atoms with Gasteiger partial charge in [0.1, 0.15) is 0 Å². The maximum absolute atomic E-state index is 12.1. The topological polar surface area (TPSA) is 17.1 Å². The third kappa shape index (κ3) is 3.11. The first-order valence-corrected chi connectivity index (χ1v) is 6.59. The lowest BCUT2D eigenvalue weighted by molar-refractivity contribution is -0.115. The van der Waals surface area contributed by atoms with Gasteiger partial charge in [0.15, 0.2) is 5.78 Å². The van der Waals surface area contributed by atoms with Crippen molar-refractivity contribution in [1.29, 1.82) is 0 Å². The summed E-state index contributed by atoms with van der Waals surface area (Å²) < 4.78 is 0. The van der Waals surface area contributed by atoms with Gasteiger partial charge in [-0.05, 0) is 42.9 Å². The normalized spacial score (nSPS) is 15.5. The molecule has 1 aromatic rings. The maximum Gasteiger partial charge on any atom is 0.162 e. The number of hydrogen-bond acceptors (Lipinski definition) is 1. The quantitative estimate of drug-likeness (QED) is 0.783. The molecule has 2 rings (SSSR count). The number of benzene rings is 1. The molecule has 0 unspecified atom stereocenters. The molecular weight excluding hydrogens is 255 g/mol. The predicted molar refractivity (Wildman–Crippen MR) is 71.7 cm³/mol. The van der Waals surface area contributed by atoms with Gasteiger partial charge in [-0.3, -0.25) is 4.79 Å². The molecule has 0 fully saturated rings. The number of halogens is 2. The van der Waals surface area contributed by atoms with E-state index < -0.39 is 0 Å². The van der Waals surface area contributed by atoms with Gasteiger partial charge < -0.3 is 0 Å². The van der Waals surface area contributed by atoms with Gasteiger partial charge in [-0.1, -0.05) is 41.4 Å². The molecule has 0 bridgehead atoms. The van der Waals surface area contributed by atoms with Crippen LogP contribution in [0, 0.1) is 0 Å². The first kappa shape index (κ1) is 12.7. The Balaban J connectivity index is 2.13. The average Bonchev–Trinajstić information content (AvgIpc) is 2.36. The lowest BCUT2D eigenvalue weighted by atomic mass is 9.93. The number of rotatable bonds is 3. The Labute approximate surface area is 111 Å². The molecule has 0 radical (unpaired) electrons. The summed E-state index contributed by atoms with van der Waals surface area (Å²) in [6, 6.07) is 5.42. The fourth-order valence-electron chi connectivity index (χ4n) is 2.06. The Kier molecular flexibility index (Phi) is 4.25. The highest BCUT2D eigenvalue weighted by molar-refractivity contribution is 6.42. The fraction of sp³-hybridized carbons (Fsp3) is 0.357. The summed E-state index contributed by atoms with van der Waals surface area (Å²) >= 11 is 12.0. The van der Waals surface area contributed by atoms with Gasteiger partial charge in [0.2, 0.25) is 0 Å². The number of hydrogen-bond donors (Lipinski definition) is 0. The molecule has 1 aliphatic carbocycles. The molecule has 0 heterocycles. The van der Waals surface area contributed by atoms with E-state index in [1.165, 1.54) is 6.42 Å². The van der Waals surface area contributed by atoms with Crippen LogP contribution in [0.3, 0.4) is 0 Å². The van der Waals surface area contributed by atoms with Crippen LogP contribution in [0.4, 0.5) is 0 Å². The van der Waals surface area contributed by atoms with Gasteiger partial charge in [0.25, 0.3) is 0 Å². The lowest BCUT2D eigenvalue weighted by Crippen LogP contribution is -2.09. The number of carbonyl (C=O) groups excluding carboxylic acids is 1. The van der Waals surface area contributed by atoms with Crippen molar-refractivity contribution in [2.45, 2.75) is 32.1 Å². The van der Waals surface area contributed by atoms with E-state index in [0.717, 1.165) is 30.4 Å². The van der Waals surface area contributed by atoms with E-state index >= 15 is 0 Å². The third-order valence-electron chi connectivity index (χ3n) is 3.03. The summed E-state index contributed by atoms with van der Waals surface area (Å²) in [7, 11) is 0. The van der Waals surface area contributed by atoms with Gasteiger partial charge >= 0.3 is 0 Å². The monoisotopic (exact) mass is 268 g/mol. The second-order valence-corrected chi connectivity index (χ2v) is 5.07. The van der Waals surface area contributed by atoms with E-state index in [1.54, 1.807) is 6.07 Å². The molecule has 0 saturated heterocycles. The van der Waals surface area contributed by atoms with Gasteiger partial charge in [-0.25, -0.2) is 0 Å². The zero-order chi connectivity index (χ0) is 12.3. The zero-order valence-electron chi connectivity index (χ0n) is 9.51. The Morgan fingerprint density at radius 3 is 2.76 bits per heavy atom. The molecule has 0 aliphatic heterocycles. The van der Waals surface area contributed by atoms with Crippen LogP contribution in [-0.4, -0.2) is 5.78 Å². The van der Waals surface area contributed by atoms with E-state index in [4.69, 9.17) is 23.2 Å². The van der Waals surface area contributed by atoms with Crippen LogP contribution in [0.5, 0.6) is 0 Å². The molecule has 1 aliphatic rings. The first-order valence-electron chi connectivity index (χ1n) is 5.83. The molecule has 90 valence electrons. The first-order chi connectivity index (χ1) is 8.18. The van der Waals surface area contributed by atoms with Crippen LogP contribution in [-0.2, 0) is 11.2 Å². The van der Waals surface area contributed by atoms with Gasteiger partial charge in [0.05, 0.1) is 10.0 Å². The van der Waals surface area contributed by atoms with Crippen LogP contribution >= 0.6 is 23.2 Å². The van der Waals surface area contributed by atoms with Crippen molar-refractivity contribution in [3.05, 3.63) is 45.5 Å². The standard InChI is InChI=1S/C14H14Cl2O/c15-12-8-4-7-11(14(12)16)9-13(17)10-5-2-1-3-6-10/h4-5,7-8H,1-3,6,9H2. The fourth-order valence-corrected chi connectivity index (χ4v) is 2.45. The van der Waals surface area contributed by atoms with Crippen molar-refractivity contribution in [3.8, 4) is 0 Å². The molecule has 0 saturated carbocycles. The minimum absolute atomic E-state index is 0.175.